The zero-order chi connectivity index (χ0) is 22.4. The fourth-order valence-corrected chi connectivity index (χ4v) is 3.55. The summed E-state index contributed by atoms with van der Waals surface area (Å²) >= 11 is 0. The van der Waals surface area contributed by atoms with E-state index in [0.29, 0.717) is 41.5 Å². The summed E-state index contributed by atoms with van der Waals surface area (Å²) in [7, 11) is 0. The van der Waals surface area contributed by atoms with Crippen LogP contribution in [-0.4, -0.2) is 24.9 Å². The van der Waals surface area contributed by atoms with Crippen molar-refractivity contribution >= 4 is 11.8 Å². The van der Waals surface area contributed by atoms with Crippen LogP contribution < -0.4 is 25.8 Å². The molecule has 6 heteroatoms. The van der Waals surface area contributed by atoms with Crippen molar-refractivity contribution in [2.45, 2.75) is 26.8 Å². The number of benzene rings is 2. The molecule has 0 amide bonds. The van der Waals surface area contributed by atoms with Crippen molar-refractivity contribution in [3.8, 4) is 17.2 Å². The van der Waals surface area contributed by atoms with Crippen molar-refractivity contribution in [2.75, 3.05) is 25.5 Å². The van der Waals surface area contributed by atoms with E-state index >= 15 is 0 Å². The van der Waals surface area contributed by atoms with Crippen molar-refractivity contribution in [3.63, 3.8) is 0 Å². The van der Waals surface area contributed by atoms with Gasteiger partial charge in [-0.2, -0.15) is 0 Å². The summed E-state index contributed by atoms with van der Waals surface area (Å²) in [6.07, 6.45) is 5.77. The van der Waals surface area contributed by atoms with E-state index < -0.39 is 0 Å². The van der Waals surface area contributed by atoms with Crippen LogP contribution in [-0.2, 0) is 0 Å². The molecule has 0 radical (unpaired) electrons. The third-order valence-corrected chi connectivity index (χ3v) is 5.10. The summed E-state index contributed by atoms with van der Waals surface area (Å²) in [5.41, 5.74) is 9.89. The van der Waals surface area contributed by atoms with Crippen LogP contribution in [0.5, 0.6) is 17.2 Å². The maximum Gasteiger partial charge on any atom is 0.161 e. The van der Waals surface area contributed by atoms with Crippen LogP contribution in [0.15, 0.2) is 60.5 Å². The van der Waals surface area contributed by atoms with Gasteiger partial charge < -0.3 is 30.9 Å². The van der Waals surface area contributed by atoms with Gasteiger partial charge in [0.25, 0.3) is 0 Å². The fourth-order valence-electron chi connectivity index (χ4n) is 3.55. The first-order valence-electron chi connectivity index (χ1n) is 10.5. The zero-order valence-corrected chi connectivity index (χ0v) is 18.4. The van der Waals surface area contributed by atoms with Crippen LogP contribution in [0, 0.1) is 0 Å². The maximum absolute atomic E-state index is 10.9. The Labute approximate surface area is 184 Å². The van der Waals surface area contributed by atoms with Gasteiger partial charge in [-0.15, -0.1) is 0 Å². The molecule has 1 atom stereocenters. The Morgan fingerprint density at radius 1 is 1.19 bits per heavy atom. The summed E-state index contributed by atoms with van der Waals surface area (Å²) in [6.45, 7) is 11.5. The Balaban J connectivity index is 2.10. The number of allylic oxidation sites excluding steroid dienone is 2. The van der Waals surface area contributed by atoms with Gasteiger partial charge in [-0.05, 0) is 50.1 Å². The molecular formula is C25H31N3O3. The largest absolute Gasteiger partial charge is 0.505 e. The number of phenolic OH excluding ortho intramolecular Hbond substituents is 1. The Morgan fingerprint density at radius 3 is 2.61 bits per heavy atom. The first-order chi connectivity index (χ1) is 15.0. The van der Waals surface area contributed by atoms with E-state index in [2.05, 4.69) is 30.2 Å². The van der Waals surface area contributed by atoms with Gasteiger partial charge >= 0.3 is 0 Å². The molecular weight excluding hydrogens is 390 g/mol. The summed E-state index contributed by atoms with van der Waals surface area (Å²) in [6, 6.07) is 9.15. The number of rotatable bonds is 9. The Morgan fingerprint density at radius 2 is 1.94 bits per heavy atom. The summed E-state index contributed by atoms with van der Waals surface area (Å²) in [4.78, 5) is 0. The van der Waals surface area contributed by atoms with Crippen molar-refractivity contribution in [1.29, 1.82) is 0 Å². The number of nitrogens with one attached hydrogen (secondary N) is 2. The molecule has 0 saturated heterocycles. The van der Waals surface area contributed by atoms with E-state index in [-0.39, 0.29) is 11.8 Å². The molecule has 3 rings (SSSR count). The van der Waals surface area contributed by atoms with E-state index in [4.69, 9.17) is 15.2 Å². The van der Waals surface area contributed by atoms with Gasteiger partial charge in [-0.25, -0.2) is 0 Å². The molecule has 0 bridgehead atoms. The average molecular weight is 422 g/mol. The van der Waals surface area contributed by atoms with Crippen LogP contribution >= 0.6 is 0 Å². The van der Waals surface area contributed by atoms with E-state index in [0.717, 1.165) is 23.5 Å². The van der Waals surface area contributed by atoms with Gasteiger partial charge in [0, 0.05) is 17.7 Å². The molecule has 2 aromatic rings. The molecule has 2 aromatic carbocycles. The lowest BCUT2D eigenvalue weighted by Gasteiger charge is -2.27. The number of nitrogen functional groups attached to an aromatic ring is 1. The Kier molecular flexibility index (Phi) is 7.13. The van der Waals surface area contributed by atoms with Crippen molar-refractivity contribution in [2.24, 2.45) is 0 Å². The Bertz CT molecular complexity index is 1010. The third-order valence-electron chi connectivity index (χ3n) is 5.10. The molecule has 0 aliphatic carbocycles. The minimum absolute atomic E-state index is 0.0328. The predicted molar refractivity (Wildman–Crippen MR) is 126 cm³/mol. The van der Waals surface area contributed by atoms with Crippen LogP contribution in [0.3, 0.4) is 0 Å². The summed E-state index contributed by atoms with van der Waals surface area (Å²) in [5, 5.41) is 17.8. The second-order valence-electron chi connectivity index (χ2n) is 7.25. The predicted octanol–water partition coefficient (Wildman–Crippen LogP) is 4.48. The molecule has 0 spiro atoms. The molecule has 1 aliphatic heterocycles. The number of nitrogens with two attached hydrogens (primary N) is 1. The quantitative estimate of drug-likeness (QED) is 0.353. The fraction of sp³-hybridized carbons (Fsp3) is 0.280. The van der Waals surface area contributed by atoms with Crippen LogP contribution in [0.4, 0.5) is 5.69 Å². The number of dihydropyridines is 1. The van der Waals surface area contributed by atoms with E-state index in [1.165, 1.54) is 0 Å². The van der Waals surface area contributed by atoms with E-state index in [1.54, 1.807) is 6.08 Å². The number of hydrogen-bond acceptors (Lipinski definition) is 6. The summed E-state index contributed by atoms with van der Waals surface area (Å²) < 4.78 is 11.5. The number of hydrogen-bond donors (Lipinski definition) is 4. The molecule has 164 valence electrons. The molecule has 0 aromatic heterocycles. The highest BCUT2D eigenvalue weighted by Crippen LogP contribution is 2.39. The minimum Gasteiger partial charge on any atom is -0.505 e. The number of ether oxygens (including phenoxy) is 2. The van der Waals surface area contributed by atoms with Gasteiger partial charge in [0.1, 0.15) is 5.75 Å². The molecule has 31 heavy (non-hydrogen) atoms. The second-order valence-corrected chi connectivity index (χ2v) is 7.25. The molecule has 6 nitrogen and oxygen atoms in total. The standard InChI is InChI=1S/C25H31N3O3/c1-5-17-8-10-19(25(29)23(17)26)24(28-22-14-16(4)12-13-27-22)18-9-11-20(30-6-2)21(15-18)31-7-3/h5,8-12,14-15,24,27-29H,1,6-7,13,26H2,2-4H3. The Hall–Kier alpha value is -3.54. The molecule has 1 unspecified atom stereocenters. The molecule has 0 fully saturated rings. The highest BCUT2D eigenvalue weighted by Gasteiger charge is 2.23. The minimum atomic E-state index is -0.374. The maximum atomic E-state index is 10.9. The zero-order valence-electron chi connectivity index (χ0n) is 18.4. The molecule has 1 aliphatic rings. The van der Waals surface area contributed by atoms with Crippen molar-refractivity contribution < 1.29 is 14.6 Å². The smallest absolute Gasteiger partial charge is 0.161 e. The lowest BCUT2D eigenvalue weighted by atomic mass is 9.95. The lowest BCUT2D eigenvalue weighted by Crippen LogP contribution is -2.32. The van der Waals surface area contributed by atoms with E-state index in [9.17, 15) is 5.11 Å². The van der Waals surface area contributed by atoms with Gasteiger partial charge in [-0.3, -0.25) is 0 Å². The highest BCUT2D eigenvalue weighted by atomic mass is 16.5. The average Bonchev–Trinajstić information content (AvgIpc) is 2.76. The van der Waals surface area contributed by atoms with Gasteiger partial charge in [0.05, 0.1) is 30.8 Å². The van der Waals surface area contributed by atoms with E-state index in [1.807, 2.05) is 50.3 Å². The van der Waals surface area contributed by atoms with Gasteiger partial charge in [-0.1, -0.05) is 36.9 Å². The molecule has 1 heterocycles. The third kappa shape index (κ3) is 4.97. The van der Waals surface area contributed by atoms with Crippen molar-refractivity contribution in [3.05, 3.63) is 77.1 Å². The van der Waals surface area contributed by atoms with Crippen LogP contribution in [0.2, 0.25) is 0 Å². The van der Waals surface area contributed by atoms with Crippen LogP contribution in [0.1, 0.15) is 43.5 Å². The molecule has 0 saturated carbocycles. The molecule has 5 N–H and O–H groups in total. The second kappa shape index (κ2) is 9.98. The number of aromatic hydroxyl groups is 1. The first kappa shape index (κ1) is 22.2. The highest BCUT2D eigenvalue weighted by molar-refractivity contribution is 5.72. The number of anilines is 1. The van der Waals surface area contributed by atoms with Gasteiger partial charge in [0.15, 0.2) is 11.5 Å². The monoisotopic (exact) mass is 421 g/mol. The van der Waals surface area contributed by atoms with Crippen LogP contribution in [0.25, 0.3) is 6.08 Å². The van der Waals surface area contributed by atoms with Gasteiger partial charge in [0.2, 0.25) is 0 Å². The normalized spacial score (nSPS) is 14.0. The van der Waals surface area contributed by atoms with Crippen molar-refractivity contribution in [1.82, 2.24) is 10.6 Å². The SMILES string of the molecule is C=Cc1ccc(C(NC2=CC(C)=CCN2)c2ccc(OCC)c(OCC)c2)c(O)c1N. The summed E-state index contributed by atoms with van der Waals surface area (Å²) in [5.74, 6) is 2.24. The number of phenols is 1. The lowest BCUT2D eigenvalue weighted by molar-refractivity contribution is 0.287. The topological polar surface area (TPSA) is 88.8 Å². The first-order valence-corrected chi connectivity index (χ1v) is 10.5.